The molecule has 0 rings (SSSR count). The van der Waals surface area contributed by atoms with E-state index in [2.05, 4.69) is 66.4 Å². The molecule has 0 aliphatic rings. The normalized spacial score (nSPS) is 14.3. The molecule has 0 saturated heterocycles. The third kappa shape index (κ3) is 5.96. The fourth-order valence-corrected chi connectivity index (χ4v) is 5.97. The molecule has 19 heavy (non-hydrogen) atoms. The lowest BCUT2D eigenvalue weighted by molar-refractivity contribution is 0.294. The van der Waals surface area contributed by atoms with Crippen molar-refractivity contribution in [2.24, 2.45) is 0 Å². The Morgan fingerprint density at radius 1 is 0.947 bits per heavy atom. The molecule has 0 saturated carbocycles. The highest BCUT2D eigenvalue weighted by Gasteiger charge is 2.36. The molecule has 0 atom stereocenters. The molecule has 0 aromatic rings. The van der Waals surface area contributed by atoms with Crippen LogP contribution in [0.1, 0.15) is 48.0 Å². The van der Waals surface area contributed by atoms with Gasteiger partial charge in [0.1, 0.15) is 0 Å². The highest BCUT2D eigenvalue weighted by atomic mass is 28.4. The first-order chi connectivity index (χ1) is 8.64. The zero-order valence-corrected chi connectivity index (χ0v) is 16.6. The maximum Gasteiger partial charge on any atom is 0.191 e. The summed E-state index contributed by atoms with van der Waals surface area (Å²) in [6.45, 7) is 19.5. The molecule has 0 heterocycles. The average Bonchev–Trinajstić information content (AvgIpc) is 2.33. The zero-order valence-electron chi connectivity index (χ0n) is 14.6. The van der Waals surface area contributed by atoms with Crippen LogP contribution in [-0.2, 0) is 4.43 Å². The standard InChI is InChI=1S/C16H36OSi2/c1-9-19(10-2,11-3)15-13-12-14-17-18(7,8)16(4,5)6/h13,15H,9-12,14H2,1-8H3/b15-13-. The van der Waals surface area contributed by atoms with Gasteiger partial charge in [0.15, 0.2) is 8.32 Å². The van der Waals surface area contributed by atoms with Crippen LogP contribution in [0.2, 0.25) is 36.3 Å². The summed E-state index contributed by atoms with van der Waals surface area (Å²) in [6, 6.07) is 4.12. The van der Waals surface area contributed by atoms with Crippen LogP contribution in [0.3, 0.4) is 0 Å². The lowest BCUT2D eigenvalue weighted by Gasteiger charge is -2.36. The predicted molar refractivity (Wildman–Crippen MR) is 94.1 cm³/mol. The van der Waals surface area contributed by atoms with Gasteiger partial charge in [-0.1, -0.05) is 71.5 Å². The SMILES string of the molecule is CC[Si](/C=C\CCO[Si](C)(C)C(C)(C)C)(CC)CC. The Balaban J connectivity index is 4.25. The lowest BCUT2D eigenvalue weighted by Crippen LogP contribution is -2.40. The van der Waals surface area contributed by atoms with E-state index in [1.807, 2.05) is 0 Å². The minimum absolute atomic E-state index is 0.325. The molecule has 0 N–H and O–H groups in total. The molecule has 3 heteroatoms. The summed E-state index contributed by atoms with van der Waals surface area (Å²) in [5, 5.41) is 0.325. The summed E-state index contributed by atoms with van der Waals surface area (Å²) in [5.74, 6) is 0. The van der Waals surface area contributed by atoms with Gasteiger partial charge in [0.05, 0.1) is 8.07 Å². The molecular formula is C16H36OSi2. The van der Waals surface area contributed by atoms with Crippen molar-refractivity contribution in [2.75, 3.05) is 6.61 Å². The maximum absolute atomic E-state index is 6.21. The van der Waals surface area contributed by atoms with Crippen molar-refractivity contribution in [1.29, 1.82) is 0 Å². The monoisotopic (exact) mass is 300 g/mol. The van der Waals surface area contributed by atoms with Gasteiger partial charge in [-0.3, -0.25) is 0 Å². The average molecular weight is 301 g/mol. The molecule has 0 bridgehead atoms. The number of hydrogen-bond donors (Lipinski definition) is 0. The van der Waals surface area contributed by atoms with Crippen molar-refractivity contribution >= 4 is 16.4 Å². The topological polar surface area (TPSA) is 9.23 Å². The van der Waals surface area contributed by atoms with E-state index in [1.165, 1.54) is 18.1 Å². The molecule has 114 valence electrons. The van der Waals surface area contributed by atoms with Gasteiger partial charge in [-0.05, 0) is 24.6 Å². The third-order valence-electron chi connectivity index (χ3n) is 5.14. The van der Waals surface area contributed by atoms with E-state index in [0.29, 0.717) is 5.04 Å². The summed E-state index contributed by atoms with van der Waals surface area (Å²) in [4.78, 5) is 0. The van der Waals surface area contributed by atoms with Crippen LogP contribution < -0.4 is 0 Å². The molecule has 0 spiro atoms. The van der Waals surface area contributed by atoms with Crippen molar-refractivity contribution in [3.8, 4) is 0 Å². The predicted octanol–water partition coefficient (Wildman–Crippen LogP) is 6.00. The second-order valence-electron chi connectivity index (χ2n) is 7.22. The van der Waals surface area contributed by atoms with E-state index in [4.69, 9.17) is 4.43 Å². The summed E-state index contributed by atoms with van der Waals surface area (Å²) in [5.41, 5.74) is 2.57. The van der Waals surface area contributed by atoms with Crippen LogP contribution in [0.15, 0.2) is 11.8 Å². The first-order valence-corrected chi connectivity index (χ1v) is 13.6. The number of hydrogen-bond acceptors (Lipinski definition) is 1. The first-order valence-electron chi connectivity index (χ1n) is 7.96. The van der Waals surface area contributed by atoms with E-state index in [9.17, 15) is 0 Å². The highest BCUT2D eigenvalue weighted by Crippen LogP contribution is 2.36. The van der Waals surface area contributed by atoms with E-state index in [-0.39, 0.29) is 0 Å². The van der Waals surface area contributed by atoms with Crippen LogP contribution in [0, 0.1) is 0 Å². The zero-order chi connectivity index (χ0) is 15.2. The molecule has 0 aliphatic heterocycles. The summed E-state index contributed by atoms with van der Waals surface area (Å²) >= 11 is 0. The minimum atomic E-state index is -1.55. The van der Waals surface area contributed by atoms with E-state index < -0.39 is 16.4 Å². The number of rotatable bonds is 8. The van der Waals surface area contributed by atoms with Gasteiger partial charge in [0.25, 0.3) is 0 Å². The third-order valence-corrected chi connectivity index (χ3v) is 14.8. The summed E-state index contributed by atoms with van der Waals surface area (Å²) < 4.78 is 6.21. The van der Waals surface area contributed by atoms with Gasteiger partial charge in [-0.2, -0.15) is 0 Å². The van der Waals surface area contributed by atoms with Crippen LogP contribution >= 0.6 is 0 Å². The molecule has 0 aromatic heterocycles. The van der Waals surface area contributed by atoms with E-state index in [1.54, 1.807) is 0 Å². The Labute approximate surface area is 124 Å². The lowest BCUT2D eigenvalue weighted by atomic mass is 10.2. The first kappa shape index (κ1) is 19.1. The molecule has 0 radical (unpaired) electrons. The molecule has 0 unspecified atom stereocenters. The van der Waals surface area contributed by atoms with Crippen LogP contribution in [0.25, 0.3) is 0 Å². The fourth-order valence-electron chi connectivity index (χ4n) is 2.04. The molecule has 1 nitrogen and oxygen atoms in total. The van der Waals surface area contributed by atoms with E-state index in [0.717, 1.165) is 13.0 Å². The summed E-state index contributed by atoms with van der Waals surface area (Å²) in [6.07, 6.45) is 3.48. The van der Waals surface area contributed by atoms with Gasteiger partial charge in [0, 0.05) is 6.61 Å². The largest absolute Gasteiger partial charge is 0.417 e. The Morgan fingerprint density at radius 2 is 1.42 bits per heavy atom. The second-order valence-corrected chi connectivity index (χ2v) is 17.2. The van der Waals surface area contributed by atoms with Gasteiger partial charge in [-0.15, -0.1) is 0 Å². The Hall–Kier alpha value is 0.134. The van der Waals surface area contributed by atoms with Crippen LogP contribution in [0.4, 0.5) is 0 Å². The van der Waals surface area contributed by atoms with Gasteiger partial charge in [0.2, 0.25) is 0 Å². The molecule has 0 amide bonds. The second kappa shape index (κ2) is 7.79. The Kier molecular flexibility index (Phi) is 7.85. The quantitative estimate of drug-likeness (QED) is 0.394. The molecule has 0 fully saturated rings. The molecule has 0 aromatic carbocycles. The Bertz CT molecular complexity index is 265. The summed E-state index contributed by atoms with van der Waals surface area (Å²) in [7, 11) is -2.62. The Morgan fingerprint density at radius 3 is 1.79 bits per heavy atom. The maximum atomic E-state index is 6.21. The molecule has 0 aliphatic carbocycles. The van der Waals surface area contributed by atoms with Gasteiger partial charge < -0.3 is 4.43 Å². The van der Waals surface area contributed by atoms with Crippen molar-refractivity contribution in [3.05, 3.63) is 11.8 Å². The van der Waals surface area contributed by atoms with Crippen LogP contribution in [-0.4, -0.2) is 23.0 Å². The molecular weight excluding hydrogens is 264 g/mol. The van der Waals surface area contributed by atoms with E-state index >= 15 is 0 Å². The van der Waals surface area contributed by atoms with Crippen molar-refractivity contribution in [2.45, 2.75) is 84.2 Å². The highest BCUT2D eigenvalue weighted by molar-refractivity contribution is 6.84. The van der Waals surface area contributed by atoms with Gasteiger partial charge in [-0.25, -0.2) is 0 Å². The van der Waals surface area contributed by atoms with Crippen molar-refractivity contribution in [1.82, 2.24) is 0 Å². The van der Waals surface area contributed by atoms with Crippen LogP contribution in [0.5, 0.6) is 0 Å². The van der Waals surface area contributed by atoms with Crippen molar-refractivity contribution < 1.29 is 4.43 Å². The smallest absolute Gasteiger partial charge is 0.191 e. The van der Waals surface area contributed by atoms with Gasteiger partial charge >= 0.3 is 0 Å². The minimum Gasteiger partial charge on any atom is -0.417 e. The fraction of sp³-hybridized carbons (Fsp3) is 0.875. The van der Waals surface area contributed by atoms with Crippen molar-refractivity contribution in [3.63, 3.8) is 0 Å².